The Balaban J connectivity index is 2.97. The van der Waals surface area contributed by atoms with Crippen LogP contribution in [-0.2, 0) is 4.79 Å². The largest absolute Gasteiger partial charge is 0.481 e. The molecule has 0 saturated carbocycles. The zero-order valence-corrected chi connectivity index (χ0v) is 14.6. The van der Waals surface area contributed by atoms with Crippen molar-refractivity contribution in [1.82, 2.24) is 5.32 Å². The summed E-state index contributed by atoms with van der Waals surface area (Å²) in [5, 5.41) is 12.3. The van der Waals surface area contributed by atoms with Gasteiger partial charge in [0.2, 0.25) is 0 Å². The summed E-state index contributed by atoms with van der Waals surface area (Å²) in [6, 6.07) is 2.62. The van der Waals surface area contributed by atoms with Crippen LogP contribution in [0.2, 0.25) is 10.0 Å². The third-order valence-corrected chi connectivity index (χ3v) is 4.75. The van der Waals surface area contributed by atoms with Gasteiger partial charge in [0.1, 0.15) is 0 Å². The molecule has 0 bridgehead atoms. The number of amides is 1. The van der Waals surface area contributed by atoms with Gasteiger partial charge in [-0.3, -0.25) is 9.59 Å². The summed E-state index contributed by atoms with van der Waals surface area (Å²) < 4.78 is 0.587. The number of carbonyl (C=O) groups is 2. The van der Waals surface area contributed by atoms with E-state index in [4.69, 9.17) is 28.3 Å². The molecule has 1 aromatic rings. The maximum Gasteiger partial charge on any atom is 0.305 e. The maximum absolute atomic E-state index is 12.2. The van der Waals surface area contributed by atoms with E-state index in [-0.39, 0.29) is 18.2 Å². The highest BCUT2D eigenvalue weighted by Crippen LogP contribution is 2.27. The average molecular weight is 430 g/mol. The van der Waals surface area contributed by atoms with Gasteiger partial charge in [-0.15, -0.1) is 0 Å². The summed E-state index contributed by atoms with van der Waals surface area (Å²) in [5.41, 5.74) is 0.346. The van der Waals surface area contributed by atoms with Crippen molar-refractivity contribution in [1.29, 1.82) is 0 Å². The molecular weight excluding hydrogens is 416 g/mol. The SMILES string of the molecule is CC(C)C(CC(=O)O)NC(=O)c1cc(Cl)cc(Cl)c1I. The van der Waals surface area contributed by atoms with Gasteiger partial charge < -0.3 is 10.4 Å². The number of aliphatic carboxylic acids is 1. The zero-order chi connectivity index (χ0) is 15.4. The van der Waals surface area contributed by atoms with Crippen molar-refractivity contribution in [2.24, 2.45) is 5.92 Å². The predicted octanol–water partition coefficient (Wildman–Crippen LogP) is 3.83. The normalized spacial score (nSPS) is 12.3. The van der Waals surface area contributed by atoms with Gasteiger partial charge >= 0.3 is 5.97 Å². The predicted molar refractivity (Wildman–Crippen MR) is 87.5 cm³/mol. The molecular formula is C13H14Cl2INO3. The van der Waals surface area contributed by atoms with Crippen LogP contribution in [0.15, 0.2) is 12.1 Å². The van der Waals surface area contributed by atoms with Gasteiger partial charge in [0.05, 0.1) is 17.0 Å². The van der Waals surface area contributed by atoms with Crippen molar-refractivity contribution in [3.8, 4) is 0 Å². The van der Waals surface area contributed by atoms with Crippen LogP contribution in [0.3, 0.4) is 0 Å². The standard InChI is InChI=1S/C13H14Cl2INO3/c1-6(2)10(5-11(18)19)17-13(20)8-3-7(14)4-9(15)12(8)16/h3-4,6,10H,5H2,1-2H3,(H,17,20)(H,18,19). The molecule has 0 radical (unpaired) electrons. The quantitative estimate of drug-likeness (QED) is 0.552. The van der Waals surface area contributed by atoms with Crippen LogP contribution in [0.25, 0.3) is 0 Å². The number of hydrogen-bond donors (Lipinski definition) is 2. The molecule has 1 rings (SSSR count). The first kappa shape index (κ1) is 17.5. The number of carboxylic acids is 1. The zero-order valence-electron chi connectivity index (χ0n) is 10.9. The molecule has 2 N–H and O–H groups in total. The molecule has 0 spiro atoms. The smallest absolute Gasteiger partial charge is 0.305 e. The van der Waals surface area contributed by atoms with Crippen molar-refractivity contribution in [2.45, 2.75) is 26.3 Å². The van der Waals surface area contributed by atoms with E-state index in [0.29, 0.717) is 19.2 Å². The summed E-state index contributed by atoms with van der Waals surface area (Å²) in [7, 11) is 0. The lowest BCUT2D eigenvalue weighted by Gasteiger charge is -2.21. The van der Waals surface area contributed by atoms with Crippen molar-refractivity contribution in [2.75, 3.05) is 0 Å². The molecule has 20 heavy (non-hydrogen) atoms. The third-order valence-electron chi connectivity index (χ3n) is 2.75. The molecule has 0 aromatic heterocycles. The molecule has 1 amide bonds. The minimum absolute atomic E-state index is 0.00219. The van der Waals surface area contributed by atoms with Crippen molar-refractivity contribution < 1.29 is 14.7 Å². The topological polar surface area (TPSA) is 66.4 Å². The molecule has 0 aliphatic carbocycles. The summed E-state index contributed by atoms with van der Waals surface area (Å²) in [5.74, 6) is -1.33. The van der Waals surface area contributed by atoms with E-state index in [1.165, 1.54) is 6.07 Å². The molecule has 1 unspecified atom stereocenters. The van der Waals surface area contributed by atoms with Crippen LogP contribution in [0.4, 0.5) is 0 Å². The fraction of sp³-hybridized carbons (Fsp3) is 0.385. The second kappa shape index (κ2) is 7.47. The number of rotatable bonds is 5. The lowest BCUT2D eigenvalue weighted by atomic mass is 10.0. The van der Waals surface area contributed by atoms with E-state index in [1.807, 2.05) is 36.4 Å². The Bertz CT molecular complexity index is 535. The molecule has 1 atom stereocenters. The van der Waals surface area contributed by atoms with Gasteiger partial charge in [0.25, 0.3) is 5.91 Å². The van der Waals surface area contributed by atoms with E-state index in [1.54, 1.807) is 6.07 Å². The average Bonchev–Trinajstić information content (AvgIpc) is 2.32. The van der Waals surface area contributed by atoms with Crippen LogP contribution >= 0.6 is 45.8 Å². The second-order valence-electron chi connectivity index (χ2n) is 4.67. The van der Waals surface area contributed by atoms with E-state index in [0.717, 1.165) is 0 Å². The highest BCUT2D eigenvalue weighted by molar-refractivity contribution is 14.1. The Morgan fingerprint density at radius 2 is 1.95 bits per heavy atom. The number of hydrogen-bond acceptors (Lipinski definition) is 2. The minimum Gasteiger partial charge on any atom is -0.481 e. The van der Waals surface area contributed by atoms with Gasteiger partial charge in [0.15, 0.2) is 0 Å². The Kier molecular flexibility index (Phi) is 6.54. The Labute approximate surface area is 141 Å². The molecule has 110 valence electrons. The van der Waals surface area contributed by atoms with Gasteiger partial charge in [-0.25, -0.2) is 0 Å². The lowest BCUT2D eigenvalue weighted by molar-refractivity contribution is -0.137. The highest BCUT2D eigenvalue weighted by Gasteiger charge is 2.22. The molecule has 0 fully saturated rings. The number of benzene rings is 1. The summed E-state index contributed by atoms with van der Waals surface area (Å²) in [6.45, 7) is 3.70. The Hall–Kier alpha value is -0.530. The van der Waals surface area contributed by atoms with E-state index < -0.39 is 12.0 Å². The first-order valence-electron chi connectivity index (χ1n) is 5.89. The molecule has 1 aromatic carbocycles. The van der Waals surface area contributed by atoms with Crippen molar-refractivity contribution in [3.63, 3.8) is 0 Å². The van der Waals surface area contributed by atoms with Crippen LogP contribution in [0.5, 0.6) is 0 Å². The molecule has 4 nitrogen and oxygen atoms in total. The number of carboxylic acid groups (broad SMARTS) is 1. The molecule has 7 heteroatoms. The lowest BCUT2D eigenvalue weighted by Crippen LogP contribution is -2.40. The monoisotopic (exact) mass is 429 g/mol. The van der Waals surface area contributed by atoms with Gasteiger partial charge in [-0.1, -0.05) is 37.0 Å². The molecule has 0 saturated heterocycles. The summed E-state index contributed by atoms with van der Waals surface area (Å²) in [6.07, 6.45) is -0.131. The highest BCUT2D eigenvalue weighted by atomic mass is 127. The maximum atomic E-state index is 12.2. The van der Waals surface area contributed by atoms with E-state index in [2.05, 4.69) is 5.32 Å². The molecule has 0 heterocycles. The minimum atomic E-state index is -0.956. The van der Waals surface area contributed by atoms with Gasteiger partial charge in [-0.05, 0) is 40.6 Å². The second-order valence-corrected chi connectivity index (χ2v) is 6.59. The molecule has 0 aliphatic rings. The Morgan fingerprint density at radius 1 is 1.35 bits per heavy atom. The van der Waals surface area contributed by atoms with E-state index in [9.17, 15) is 9.59 Å². The van der Waals surface area contributed by atoms with Crippen LogP contribution < -0.4 is 5.32 Å². The number of carbonyl (C=O) groups excluding carboxylic acids is 1. The summed E-state index contributed by atoms with van der Waals surface area (Å²) >= 11 is 13.8. The van der Waals surface area contributed by atoms with Crippen LogP contribution in [-0.4, -0.2) is 23.0 Å². The van der Waals surface area contributed by atoms with Crippen LogP contribution in [0, 0.1) is 9.49 Å². The van der Waals surface area contributed by atoms with Gasteiger partial charge in [0, 0.05) is 14.6 Å². The van der Waals surface area contributed by atoms with Gasteiger partial charge in [-0.2, -0.15) is 0 Å². The summed E-state index contributed by atoms with van der Waals surface area (Å²) in [4.78, 5) is 23.1. The molecule has 0 aliphatic heterocycles. The Morgan fingerprint density at radius 3 is 2.45 bits per heavy atom. The first-order chi connectivity index (χ1) is 9.22. The van der Waals surface area contributed by atoms with Crippen LogP contribution in [0.1, 0.15) is 30.6 Å². The van der Waals surface area contributed by atoms with E-state index >= 15 is 0 Å². The fourth-order valence-corrected chi connectivity index (χ4v) is 2.66. The van der Waals surface area contributed by atoms with Crippen molar-refractivity contribution >= 4 is 57.7 Å². The van der Waals surface area contributed by atoms with Crippen molar-refractivity contribution in [3.05, 3.63) is 31.3 Å². The number of halogens is 3. The fourth-order valence-electron chi connectivity index (χ4n) is 1.61. The first-order valence-corrected chi connectivity index (χ1v) is 7.73. The number of nitrogens with one attached hydrogen (secondary N) is 1. The third kappa shape index (κ3) is 4.79.